The van der Waals surface area contributed by atoms with Crippen molar-refractivity contribution in [3.63, 3.8) is 0 Å². The first-order valence-corrected chi connectivity index (χ1v) is 8.42. The number of rotatable bonds is 5. The quantitative estimate of drug-likeness (QED) is 0.788. The normalized spacial score (nSPS) is 17.9. The molecule has 0 aliphatic heterocycles. The van der Waals surface area contributed by atoms with E-state index in [0.717, 1.165) is 0 Å². The summed E-state index contributed by atoms with van der Waals surface area (Å²) in [5, 5.41) is 5.95. The summed E-state index contributed by atoms with van der Waals surface area (Å²) in [6.07, 6.45) is 0.488. The molecule has 0 aromatic heterocycles. The zero-order valence-corrected chi connectivity index (χ0v) is 14.7. The molecule has 2 N–H and O–H groups in total. The van der Waals surface area contributed by atoms with Gasteiger partial charge in [-0.25, -0.2) is 4.79 Å². The van der Waals surface area contributed by atoms with Crippen LogP contribution >= 0.6 is 11.6 Å². The molecule has 3 rings (SSSR count). The second-order valence-corrected chi connectivity index (χ2v) is 6.38. The first kappa shape index (κ1) is 17.9. The molecule has 26 heavy (non-hydrogen) atoms. The van der Waals surface area contributed by atoms with Crippen molar-refractivity contribution < 1.29 is 19.1 Å². The SMILES string of the molecule is COC(=O)c1ccc(NC(=O)C2CC2C(=O)Nc2ccccc2Cl)cc1. The number of nitrogens with one attached hydrogen (secondary N) is 2. The number of ether oxygens (including phenoxy) is 1. The number of para-hydroxylation sites is 1. The van der Waals surface area contributed by atoms with Gasteiger partial charge in [0.15, 0.2) is 0 Å². The summed E-state index contributed by atoms with van der Waals surface area (Å²) in [6.45, 7) is 0. The maximum atomic E-state index is 12.3. The van der Waals surface area contributed by atoms with Crippen LogP contribution in [0.2, 0.25) is 5.02 Å². The van der Waals surface area contributed by atoms with E-state index in [4.69, 9.17) is 11.6 Å². The van der Waals surface area contributed by atoms with Crippen LogP contribution in [0.15, 0.2) is 48.5 Å². The maximum absolute atomic E-state index is 12.3. The first-order chi connectivity index (χ1) is 12.5. The average Bonchev–Trinajstić information content (AvgIpc) is 3.44. The van der Waals surface area contributed by atoms with Crippen LogP contribution in [0.1, 0.15) is 16.8 Å². The number of benzene rings is 2. The maximum Gasteiger partial charge on any atom is 0.337 e. The van der Waals surface area contributed by atoms with Gasteiger partial charge in [0.2, 0.25) is 11.8 Å². The van der Waals surface area contributed by atoms with E-state index in [0.29, 0.717) is 28.4 Å². The van der Waals surface area contributed by atoms with Crippen LogP contribution in [0, 0.1) is 11.8 Å². The molecular formula is C19H17ClN2O4. The van der Waals surface area contributed by atoms with Gasteiger partial charge in [-0.05, 0) is 42.8 Å². The Morgan fingerprint density at radius 1 is 0.962 bits per heavy atom. The zero-order valence-electron chi connectivity index (χ0n) is 14.0. The molecule has 2 aromatic rings. The number of amides is 2. The fourth-order valence-corrected chi connectivity index (χ4v) is 2.79. The minimum atomic E-state index is -0.443. The topological polar surface area (TPSA) is 84.5 Å². The lowest BCUT2D eigenvalue weighted by atomic mass is 10.2. The second-order valence-electron chi connectivity index (χ2n) is 5.98. The molecule has 6 nitrogen and oxygen atoms in total. The molecule has 7 heteroatoms. The highest BCUT2D eigenvalue weighted by molar-refractivity contribution is 6.33. The molecule has 1 aliphatic carbocycles. The van der Waals surface area contributed by atoms with Crippen molar-refractivity contribution in [2.45, 2.75) is 6.42 Å². The zero-order chi connectivity index (χ0) is 18.7. The molecular weight excluding hydrogens is 356 g/mol. The molecule has 0 radical (unpaired) electrons. The van der Waals surface area contributed by atoms with Gasteiger partial charge in [-0.15, -0.1) is 0 Å². The lowest BCUT2D eigenvalue weighted by Crippen LogP contribution is -2.20. The number of esters is 1. The lowest BCUT2D eigenvalue weighted by Gasteiger charge is -2.08. The largest absolute Gasteiger partial charge is 0.465 e. The van der Waals surface area contributed by atoms with Crippen LogP contribution in [-0.4, -0.2) is 24.9 Å². The number of anilines is 2. The number of carbonyl (C=O) groups is 3. The highest BCUT2D eigenvalue weighted by Crippen LogP contribution is 2.40. The van der Waals surface area contributed by atoms with Crippen molar-refractivity contribution in [1.29, 1.82) is 0 Å². The summed E-state index contributed by atoms with van der Waals surface area (Å²) < 4.78 is 4.62. The van der Waals surface area contributed by atoms with Crippen LogP contribution in [0.4, 0.5) is 11.4 Å². The molecule has 1 fully saturated rings. The van der Waals surface area contributed by atoms with E-state index in [1.807, 2.05) is 0 Å². The van der Waals surface area contributed by atoms with E-state index >= 15 is 0 Å². The van der Waals surface area contributed by atoms with Gasteiger partial charge in [-0.1, -0.05) is 23.7 Å². The predicted octanol–water partition coefficient (Wildman–Crippen LogP) is 3.34. The van der Waals surface area contributed by atoms with E-state index in [-0.39, 0.29) is 23.7 Å². The van der Waals surface area contributed by atoms with E-state index in [9.17, 15) is 14.4 Å². The molecule has 0 saturated heterocycles. The van der Waals surface area contributed by atoms with Crippen molar-refractivity contribution in [3.8, 4) is 0 Å². The van der Waals surface area contributed by atoms with E-state index in [2.05, 4.69) is 15.4 Å². The smallest absolute Gasteiger partial charge is 0.337 e. The third-order valence-electron chi connectivity index (χ3n) is 4.17. The third-order valence-corrected chi connectivity index (χ3v) is 4.50. The van der Waals surface area contributed by atoms with Gasteiger partial charge >= 0.3 is 5.97 Å². The van der Waals surface area contributed by atoms with E-state index in [1.54, 1.807) is 48.5 Å². The van der Waals surface area contributed by atoms with Crippen molar-refractivity contribution in [2.24, 2.45) is 11.8 Å². The Bertz CT molecular complexity index is 851. The van der Waals surface area contributed by atoms with Gasteiger partial charge in [0.25, 0.3) is 0 Å². The minimum absolute atomic E-state index is 0.223. The van der Waals surface area contributed by atoms with Gasteiger partial charge in [-0.2, -0.15) is 0 Å². The van der Waals surface area contributed by atoms with E-state index < -0.39 is 5.97 Å². The summed E-state index contributed by atoms with van der Waals surface area (Å²) in [5.41, 5.74) is 1.48. The highest BCUT2D eigenvalue weighted by atomic mass is 35.5. The average molecular weight is 373 g/mol. The van der Waals surface area contributed by atoms with Gasteiger partial charge in [0.05, 0.1) is 35.2 Å². The fraction of sp³-hybridized carbons (Fsp3) is 0.211. The first-order valence-electron chi connectivity index (χ1n) is 8.04. The minimum Gasteiger partial charge on any atom is -0.465 e. The number of halogens is 1. The van der Waals surface area contributed by atoms with Gasteiger partial charge in [0, 0.05) is 5.69 Å². The van der Waals surface area contributed by atoms with Crippen molar-refractivity contribution in [2.75, 3.05) is 17.7 Å². The number of carbonyl (C=O) groups excluding carboxylic acids is 3. The monoisotopic (exact) mass is 372 g/mol. The summed E-state index contributed by atoms with van der Waals surface area (Å²) in [6, 6.07) is 13.3. The Morgan fingerprint density at radius 3 is 2.19 bits per heavy atom. The van der Waals surface area contributed by atoms with Gasteiger partial charge < -0.3 is 15.4 Å². The molecule has 1 saturated carbocycles. The highest BCUT2D eigenvalue weighted by Gasteiger charge is 2.48. The molecule has 134 valence electrons. The summed E-state index contributed by atoms with van der Waals surface area (Å²) >= 11 is 6.02. The summed E-state index contributed by atoms with van der Waals surface area (Å²) in [5.74, 6) is -1.64. The van der Waals surface area contributed by atoms with Gasteiger partial charge in [0.1, 0.15) is 0 Å². The van der Waals surface area contributed by atoms with Crippen LogP contribution in [0.3, 0.4) is 0 Å². The number of hydrogen-bond acceptors (Lipinski definition) is 4. The third kappa shape index (κ3) is 4.03. The lowest BCUT2D eigenvalue weighted by molar-refractivity contribution is -0.122. The molecule has 0 spiro atoms. The standard InChI is InChI=1S/C19H17ClN2O4/c1-26-19(25)11-6-8-12(9-7-11)21-17(23)13-10-14(13)18(24)22-16-5-3-2-4-15(16)20/h2-9,13-14H,10H2,1H3,(H,21,23)(H,22,24). The van der Waals surface area contributed by atoms with Gasteiger partial charge in [-0.3, -0.25) is 9.59 Å². The van der Waals surface area contributed by atoms with Crippen LogP contribution < -0.4 is 10.6 Å². The Labute approximate surface area is 155 Å². The number of hydrogen-bond donors (Lipinski definition) is 2. The Hall–Kier alpha value is -2.86. The molecule has 0 heterocycles. The molecule has 0 bridgehead atoms. The van der Waals surface area contributed by atoms with Crippen LogP contribution in [0.5, 0.6) is 0 Å². The predicted molar refractivity (Wildman–Crippen MR) is 98.1 cm³/mol. The second kappa shape index (κ2) is 7.58. The number of methoxy groups -OCH3 is 1. The fourth-order valence-electron chi connectivity index (χ4n) is 2.60. The van der Waals surface area contributed by atoms with Crippen molar-refractivity contribution in [3.05, 3.63) is 59.1 Å². The van der Waals surface area contributed by atoms with Crippen LogP contribution in [0.25, 0.3) is 0 Å². The molecule has 2 aromatic carbocycles. The molecule has 1 aliphatic rings. The van der Waals surface area contributed by atoms with Crippen molar-refractivity contribution in [1.82, 2.24) is 0 Å². The van der Waals surface area contributed by atoms with E-state index in [1.165, 1.54) is 7.11 Å². The van der Waals surface area contributed by atoms with Crippen LogP contribution in [-0.2, 0) is 14.3 Å². The Morgan fingerprint density at radius 2 is 1.58 bits per heavy atom. The molecule has 2 amide bonds. The molecule has 2 unspecified atom stereocenters. The summed E-state index contributed by atoms with van der Waals surface area (Å²) in [7, 11) is 1.30. The van der Waals surface area contributed by atoms with Crippen molar-refractivity contribution >= 4 is 40.8 Å². The Balaban J connectivity index is 1.55. The molecule has 2 atom stereocenters. The Kier molecular flexibility index (Phi) is 5.23. The summed E-state index contributed by atoms with van der Waals surface area (Å²) in [4.78, 5) is 35.9.